The Labute approximate surface area is 381 Å². The quantitative estimate of drug-likeness (QED) is 0.0666. The minimum Gasteiger partial charge on any atom is -0.494 e. The number of nitriles is 2. The van der Waals surface area contributed by atoms with Crippen LogP contribution in [0.2, 0.25) is 0 Å². The average molecular weight is 893 g/mol. The summed E-state index contributed by atoms with van der Waals surface area (Å²) in [4.78, 5) is 19.3. The van der Waals surface area contributed by atoms with Crippen LogP contribution in [0.3, 0.4) is 0 Å². The van der Waals surface area contributed by atoms with Crippen molar-refractivity contribution < 1.29 is 9.47 Å². The van der Waals surface area contributed by atoms with Gasteiger partial charge in [-0.15, -0.1) is 22.7 Å². The van der Waals surface area contributed by atoms with Crippen LogP contribution in [0.1, 0.15) is 95.8 Å². The van der Waals surface area contributed by atoms with E-state index < -0.39 is 0 Å². The number of rotatable bonds is 22. The minimum absolute atomic E-state index is 0.113. The summed E-state index contributed by atoms with van der Waals surface area (Å²) < 4.78 is 22.5. The van der Waals surface area contributed by atoms with Crippen molar-refractivity contribution in [1.82, 2.24) is 13.7 Å². The Bertz CT molecular complexity index is 2750. The molecule has 0 atom stereocenters. The van der Waals surface area contributed by atoms with Crippen LogP contribution in [0.4, 0.5) is 17.1 Å². The van der Waals surface area contributed by atoms with Gasteiger partial charge in [0, 0.05) is 37.9 Å². The minimum atomic E-state index is -0.333. The molecule has 7 rings (SSSR count). The summed E-state index contributed by atoms with van der Waals surface area (Å²) in [5.41, 5.74) is 7.22. The molecule has 0 amide bonds. The first-order valence-corrected chi connectivity index (χ1v) is 24.3. The molecule has 0 radical (unpaired) electrons. The molecule has 322 valence electrons. The van der Waals surface area contributed by atoms with E-state index in [1.807, 2.05) is 24.3 Å². The molecule has 1 N–H and O–H groups in total. The Morgan fingerprint density at radius 2 is 1.14 bits per heavy atom. The number of aromatic nitrogens is 3. The van der Waals surface area contributed by atoms with Crippen LogP contribution in [0, 0.1) is 22.7 Å². The molecule has 0 unspecified atom stereocenters. The monoisotopic (exact) mass is 892 g/mol. The van der Waals surface area contributed by atoms with E-state index in [0.29, 0.717) is 4.53 Å². The highest BCUT2D eigenvalue weighted by atomic mass is 32.1. The number of thiazole rings is 1. The Balaban J connectivity index is 1.11. The van der Waals surface area contributed by atoms with Gasteiger partial charge in [0.2, 0.25) is 0 Å². The van der Waals surface area contributed by atoms with Crippen LogP contribution in [-0.4, -0.2) is 26.9 Å². The maximum absolute atomic E-state index is 12.6. The van der Waals surface area contributed by atoms with Crippen LogP contribution in [0.5, 0.6) is 11.5 Å². The normalized spacial score (nSPS) is 11.4. The molecule has 7 aromatic rings. The van der Waals surface area contributed by atoms with Gasteiger partial charge in [0.25, 0.3) is 5.56 Å². The van der Waals surface area contributed by atoms with Gasteiger partial charge in [-0.25, -0.2) is 0 Å². The third-order valence-electron chi connectivity index (χ3n) is 10.9. The van der Waals surface area contributed by atoms with Crippen LogP contribution >= 0.6 is 34.4 Å². The SMILES string of the molecule is CCCCCCCCOc1ccc(N(c2ccc(OCCCCCCCC)cc2)c2ccc(-c3ccc(-c4ccc(/C=c5\sc(=C(C#N)C#N)[nH]c5=O)s4)c4nsnc34)cc2)cc1. The number of thiophene rings is 1. The Hall–Kier alpha value is -6.05. The molecule has 3 aromatic heterocycles. The van der Waals surface area contributed by atoms with Crippen molar-refractivity contribution in [3.63, 3.8) is 0 Å². The van der Waals surface area contributed by atoms with Gasteiger partial charge >= 0.3 is 0 Å². The molecule has 0 aliphatic rings. The zero-order valence-electron chi connectivity index (χ0n) is 35.9. The highest BCUT2D eigenvalue weighted by molar-refractivity contribution is 7.16. The number of benzene rings is 4. The first kappa shape index (κ1) is 45.0. The number of ether oxygens (including phenoxy) is 2. The lowest BCUT2D eigenvalue weighted by atomic mass is 10.0. The third-order valence-corrected chi connectivity index (χ3v) is 13.5. The van der Waals surface area contributed by atoms with Crippen molar-refractivity contribution in [3.05, 3.63) is 121 Å². The van der Waals surface area contributed by atoms with Crippen LogP contribution in [0.15, 0.2) is 102 Å². The number of hydrogen-bond donors (Lipinski definition) is 1. The summed E-state index contributed by atoms with van der Waals surface area (Å²) in [6.45, 7) is 5.94. The molecule has 9 nitrogen and oxygen atoms in total. The summed E-state index contributed by atoms with van der Waals surface area (Å²) in [5.74, 6) is 1.75. The van der Waals surface area contributed by atoms with Gasteiger partial charge in [0.1, 0.15) is 39.3 Å². The molecule has 12 heteroatoms. The van der Waals surface area contributed by atoms with Crippen molar-refractivity contribution >= 4 is 74.1 Å². The number of nitrogens with zero attached hydrogens (tertiary/aromatic N) is 5. The fourth-order valence-corrected chi connectivity index (χ4v) is 9.96. The second-order valence-electron chi connectivity index (χ2n) is 15.4. The highest BCUT2D eigenvalue weighted by Crippen LogP contribution is 2.40. The van der Waals surface area contributed by atoms with Crippen molar-refractivity contribution in [3.8, 4) is 45.2 Å². The summed E-state index contributed by atoms with van der Waals surface area (Å²) in [6, 6.07) is 37.1. The number of fused-ring (bicyclic) bond motifs is 1. The summed E-state index contributed by atoms with van der Waals surface area (Å²) in [6.07, 6.45) is 16.5. The fraction of sp³-hybridized carbons (Fsp3) is 0.314. The molecule has 4 aromatic carbocycles. The standard InChI is InChI=1S/C51H52N6O3S3/c1-3-5-7-9-11-13-31-59-41-23-19-39(20-24-41)57(40-21-25-42(26-22-40)60-32-14-12-10-8-6-4-2)38-17-15-36(16-18-38)44-28-29-45(49-48(44)55-63-56-49)46-30-27-43(61-46)33-47-50(58)54-51(62-47)37(34-52)35-53/h15-30,33H,3-14,31-32H2,1-2H3,(H,54,58)/b47-33-. The van der Waals surface area contributed by atoms with Gasteiger partial charge in [0.15, 0.2) is 5.57 Å². The molecule has 0 aliphatic carbocycles. The second kappa shape index (κ2) is 22.9. The Morgan fingerprint density at radius 1 is 0.635 bits per heavy atom. The van der Waals surface area contributed by atoms with Crippen LogP contribution in [0.25, 0.3) is 44.3 Å². The number of hydrogen-bond acceptors (Lipinski definition) is 11. The Kier molecular flexibility index (Phi) is 16.3. The van der Waals surface area contributed by atoms with Gasteiger partial charge < -0.3 is 19.4 Å². The van der Waals surface area contributed by atoms with E-state index in [0.717, 1.165) is 103 Å². The molecule has 63 heavy (non-hydrogen) atoms. The first-order chi connectivity index (χ1) is 31.0. The van der Waals surface area contributed by atoms with E-state index in [-0.39, 0.29) is 15.8 Å². The number of aromatic amines is 1. The van der Waals surface area contributed by atoms with Crippen LogP contribution in [-0.2, 0) is 0 Å². The number of H-pyrrole nitrogens is 1. The molecule has 3 heterocycles. The van der Waals surface area contributed by atoms with E-state index in [1.54, 1.807) is 6.08 Å². The van der Waals surface area contributed by atoms with E-state index in [4.69, 9.17) is 18.2 Å². The lowest BCUT2D eigenvalue weighted by Gasteiger charge is -2.26. The van der Waals surface area contributed by atoms with Crippen molar-refractivity contribution in [2.75, 3.05) is 18.1 Å². The van der Waals surface area contributed by atoms with E-state index in [9.17, 15) is 15.3 Å². The molecule has 0 bridgehead atoms. The summed E-state index contributed by atoms with van der Waals surface area (Å²) in [7, 11) is 0. The van der Waals surface area contributed by atoms with Crippen LogP contribution < -0.4 is 29.1 Å². The van der Waals surface area contributed by atoms with E-state index in [2.05, 4.69) is 109 Å². The maximum Gasteiger partial charge on any atom is 0.266 e. The van der Waals surface area contributed by atoms with E-state index in [1.165, 1.54) is 87.3 Å². The van der Waals surface area contributed by atoms with Gasteiger partial charge in [-0.3, -0.25) is 4.79 Å². The van der Waals surface area contributed by atoms with Gasteiger partial charge in [0.05, 0.1) is 29.5 Å². The molecule has 0 spiro atoms. The lowest BCUT2D eigenvalue weighted by molar-refractivity contribution is 0.304. The predicted octanol–water partition coefficient (Wildman–Crippen LogP) is 12.8. The van der Waals surface area contributed by atoms with Gasteiger partial charge in [-0.05, 0) is 97.3 Å². The zero-order valence-corrected chi connectivity index (χ0v) is 38.3. The second-order valence-corrected chi connectivity index (χ2v) is 18.1. The highest BCUT2D eigenvalue weighted by Gasteiger charge is 2.17. The Morgan fingerprint density at radius 3 is 1.70 bits per heavy atom. The lowest BCUT2D eigenvalue weighted by Crippen LogP contribution is -2.19. The number of unbranched alkanes of at least 4 members (excludes halogenated alkanes) is 10. The van der Waals surface area contributed by atoms with Crippen molar-refractivity contribution in [1.29, 1.82) is 10.5 Å². The first-order valence-electron chi connectivity index (χ1n) is 22.0. The van der Waals surface area contributed by atoms with Crippen molar-refractivity contribution in [2.24, 2.45) is 0 Å². The van der Waals surface area contributed by atoms with Gasteiger partial charge in [-0.1, -0.05) is 102 Å². The molecular weight excluding hydrogens is 841 g/mol. The number of nitrogens with one attached hydrogen (secondary N) is 1. The maximum atomic E-state index is 12.6. The molecule has 0 fully saturated rings. The largest absolute Gasteiger partial charge is 0.494 e. The number of anilines is 3. The summed E-state index contributed by atoms with van der Waals surface area (Å²) in [5, 5.41) is 18.5. The molecule has 0 saturated carbocycles. The topological polar surface area (TPSA) is 128 Å². The van der Waals surface area contributed by atoms with Crippen molar-refractivity contribution in [2.45, 2.75) is 90.9 Å². The summed E-state index contributed by atoms with van der Waals surface area (Å²) >= 11 is 3.82. The van der Waals surface area contributed by atoms with Gasteiger partial charge in [-0.2, -0.15) is 19.3 Å². The zero-order chi connectivity index (χ0) is 43.8. The predicted molar refractivity (Wildman–Crippen MR) is 261 cm³/mol. The third kappa shape index (κ3) is 11.7. The molecule has 0 aliphatic heterocycles. The smallest absolute Gasteiger partial charge is 0.266 e. The van der Waals surface area contributed by atoms with E-state index >= 15 is 0 Å². The molecule has 0 saturated heterocycles. The fourth-order valence-electron chi connectivity index (χ4n) is 7.45. The molecular formula is C51H52N6O3S3. The average Bonchev–Trinajstić information content (AvgIpc) is 4.08.